The molecule has 8 aliphatic rings. The first-order chi connectivity index (χ1) is 53.2. The lowest BCUT2D eigenvalue weighted by Crippen LogP contribution is -2.48. The van der Waals surface area contributed by atoms with Crippen LogP contribution in [-0.4, -0.2) is 217 Å². The highest BCUT2D eigenvalue weighted by atomic mass is 35.5. The Balaban J connectivity index is 0.000000129. The van der Waals surface area contributed by atoms with Crippen LogP contribution in [0.25, 0.3) is 0 Å². The topological polar surface area (TPSA) is 211 Å². The number of rotatable bonds is 14. The van der Waals surface area contributed by atoms with E-state index in [9.17, 15) is 38.4 Å². The summed E-state index contributed by atoms with van der Waals surface area (Å²) in [6.45, 7) is 18.8. The minimum Gasteiger partial charge on any atom is -0.364 e. The fourth-order valence-corrected chi connectivity index (χ4v) is 15.2. The Morgan fingerprint density at radius 3 is 0.718 bits per heavy atom. The first-order valence-corrected chi connectivity index (χ1v) is 38.4. The van der Waals surface area contributed by atoms with Gasteiger partial charge in [-0.05, 0) is 112 Å². The molecule has 0 unspecified atom stereocenters. The van der Waals surface area contributed by atoms with Gasteiger partial charge in [-0.25, -0.2) is 0 Å². The van der Waals surface area contributed by atoms with Gasteiger partial charge >= 0.3 is 0 Å². The number of halogens is 4. The van der Waals surface area contributed by atoms with E-state index in [4.69, 9.17) is 46.4 Å². The van der Waals surface area contributed by atoms with E-state index in [2.05, 4.69) is 68.8 Å². The van der Waals surface area contributed by atoms with Crippen LogP contribution in [0.5, 0.6) is 0 Å². The predicted molar refractivity (Wildman–Crippen MR) is 434 cm³/mol. The van der Waals surface area contributed by atoms with Gasteiger partial charge in [0.1, 0.15) is 45.6 Å². The molecule has 4 aliphatic heterocycles. The van der Waals surface area contributed by atoms with Crippen molar-refractivity contribution < 1.29 is 38.4 Å². The van der Waals surface area contributed by atoms with Crippen molar-refractivity contribution in [3.8, 4) is 0 Å². The van der Waals surface area contributed by atoms with E-state index in [-0.39, 0.29) is 46.3 Å². The number of ketones is 8. The van der Waals surface area contributed by atoms with Gasteiger partial charge in [0.2, 0.25) is 46.3 Å². The Kier molecular flexibility index (Phi) is 24.7. The average molecular weight is 1560 g/mol. The van der Waals surface area contributed by atoms with Crippen LogP contribution in [-0.2, 0) is 0 Å². The highest BCUT2D eigenvalue weighted by Crippen LogP contribution is 2.36. The predicted octanol–water partition coefficient (Wildman–Crippen LogP) is 13.9. The van der Waals surface area contributed by atoms with Gasteiger partial charge in [-0.2, -0.15) is 0 Å². The van der Waals surface area contributed by atoms with Crippen LogP contribution < -0.4 is 21.3 Å². The van der Waals surface area contributed by atoms with Crippen molar-refractivity contribution in [1.29, 1.82) is 0 Å². The van der Waals surface area contributed by atoms with Crippen molar-refractivity contribution in [3.63, 3.8) is 0 Å². The zero-order chi connectivity index (χ0) is 77.3. The van der Waals surface area contributed by atoms with E-state index < -0.39 is 0 Å². The third-order valence-electron chi connectivity index (χ3n) is 20.7. The number of benzene rings is 8. The fraction of sp³-hybridized carbons (Fsp3) is 0.256. The van der Waals surface area contributed by atoms with Crippen molar-refractivity contribution in [1.82, 2.24) is 39.2 Å². The molecular weight excluding hydrogens is 1470 g/mol. The molecule has 8 aromatic carbocycles. The molecule has 0 bridgehead atoms. The molecule has 8 aromatic rings. The second-order valence-corrected chi connectivity index (χ2v) is 29.4. The van der Waals surface area contributed by atoms with Crippen LogP contribution in [0.15, 0.2) is 240 Å². The fourth-order valence-electron chi connectivity index (χ4n) is 14.5. The van der Waals surface area contributed by atoms with Crippen LogP contribution in [0.1, 0.15) is 96.7 Å². The van der Waals surface area contributed by atoms with E-state index in [0.717, 1.165) is 89.9 Å². The van der Waals surface area contributed by atoms with Gasteiger partial charge in [-0.3, -0.25) is 38.4 Å². The molecule has 0 aromatic heterocycles. The number of allylic oxidation sites excluding steroid dienone is 8. The number of piperazine rings is 4. The number of nitrogens with one attached hydrogen (secondary N) is 4. The van der Waals surface area contributed by atoms with Crippen LogP contribution >= 0.6 is 46.4 Å². The zero-order valence-corrected chi connectivity index (χ0v) is 64.6. The molecule has 564 valence electrons. The number of likely N-dealkylation sites (N-methyl/N-ethyl adjacent to an activating group) is 4. The molecule has 0 atom stereocenters. The Morgan fingerprint density at radius 2 is 0.482 bits per heavy atom. The first-order valence-electron chi connectivity index (χ1n) is 36.9. The Bertz CT molecular complexity index is 5030. The van der Waals surface area contributed by atoms with E-state index in [0.29, 0.717) is 161 Å². The van der Waals surface area contributed by atoms with E-state index in [1.807, 2.05) is 43.9 Å². The molecule has 4 saturated heterocycles. The molecule has 4 aliphatic carbocycles. The molecular formula is C86H84Cl4N12O8. The Hall–Kier alpha value is -10.5. The van der Waals surface area contributed by atoms with Gasteiger partial charge < -0.3 is 60.5 Å². The van der Waals surface area contributed by atoms with Crippen LogP contribution in [0, 0.1) is 0 Å². The molecule has 0 radical (unpaired) electrons. The summed E-state index contributed by atoms with van der Waals surface area (Å²) >= 11 is 24.1. The lowest BCUT2D eigenvalue weighted by atomic mass is 9.89. The highest BCUT2D eigenvalue weighted by Gasteiger charge is 2.41. The maximum atomic E-state index is 13.3. The quantitative estimate of drug-likeness (QED) is 0.0797. The van der Waals surface area contributed by atoms with E-state index >= 15 is 0 Å². The van der Waals surface area contributed by atoms with Gasteiger partial charge in [0.15, 0.2) is 0 Å². The minimum atomic E-state index is -0.167. The molecule has 20 nitrogen and oxygen atoms in total. The van der Waals surface area contributed by atoms with Crippen LogP contribution in [0.2, 0.25) is 20.1 Å². The largest absolute Gasteiger partial charge is 0.364 e. The number of hydrogen-bond acceptors (Lipinski definition) is 20. The van der Waals surface area contributed by atoms with E-state index in [1.165, 1.54) is 0 Å². The molecule has 16 rings (SSSR count). The van der Waals surface area contributed by atoms with Crippen LogP contribution in [0.3, 0.4) is 0 Å². The summed E-state index contributed by atoms with van der Waals surface area (Å²) < 4.78 is 0. The Labute approximate surface area is 660 Å². The molecule has 0 saturated carbocycles. The average Bonchev–Trinajstić information content (AvgIpc) is 0.776. The maximum absolute atomic E-state index is 13.3. The summed E-state index contributed by atoms with van der Waals surface area (Å²) in [6.07, 6.45) is 0. The first kappa shape index (κ1) is 77.6. The summed E-state index contributed by atoms with van der Waals surface area (Å²) in [4.78, 5) is 123. The number of carbonyl (C=O) groups is 8. The SMILES string of the molecule is CCN1CCN(C2=C(Nc3ccc(Cl)cc3)C(=O)c3ccccc3C2=O)CC1.CCN1CCN(C2=C(Nc3cccc(Cl)c3)C(=O)c3ccccc3C2=O)CC1.CN1CCN(C2=C(Nc3ccc(Cl)cc3)C(=O)c3ccccc3C2=O)CC1.CN1CCN(C2=C(Nc3cccc(Cl)c3)C(=O)c3ccccc3C2=O)CC1. The number of hydrogen-bond donors (Lipinski definition) is 4. The van der Waals surface area contributed by atoms with Gasteiger partial charge in [-0.1, -0.05) is 169 Å². The second kappa shape index (κ2) is 35.0. The second-order valence-electron chi connectivity index (χ2n) is 27.7. The van der Waals surface area contributed by atoms with E-state index in [1.54, 1.807) is 170 Å². The highest BCUT2D eigenvalue weighted by molar-refractivity contribution is 6.33. The normalized spacial score (nSPS) is 17.8. The molecule has 24 heteroatoms. The minimum absolute atomic E-state index is 0.100. The van der Waals surface area contributed by atoms with Gasteiger partial charge in [0.05, 0.1) is 0 Å². The van der Waals surface area contributed by atoms with Gasteiger partial charge in [0, 0.05) is 192 Å². The summed E-state index contributed by atoms with van der Waals surface area (Å²) in [5.41, 5.74) is 9.63. The third kappa shape index (κ3) is 17.2. The van der Waals surface area contributed by atoms with Gasteiger partial charge in [0.25, 0.3) is 0 Å². The number of carbonyl (C=O) groups excluding carboxylic acids is 8. The molecule has 4 N–H and O–H groups in total. The van der Waals surface area contributed by atoms with Crippen molar-refractivity contribution in [2.24, 2.45) is 0 Å². The smallest absolute Gasteiger partial charge is 0.212 e. The van der Waals surface area contributed by atoms with Crippen molar-refractivity contribution in [3.05, 3.63) is 304 Å². The summed E-state index contributed by atoms with van der Waals surface area (Å²) in [6, 6.07) is 56.6. The summed E-state index contributed by atoms with van der Waals surface area (Å²) in [7, 11) is 4.11. The third-order valence-corrected chi connectivity index (χ3v) is 21.7. The molecule has 0 spiro atoms. The summed E-state index contributed by atoms with van der Waals surface area (Å²) in [5, 5.41) is 15.1. The van der Waals surface area contributed by atoms with Crippen molar-refractivity contribution in [2.75, 3.05) is 153 Å². The number of anilines is 4. The molecule has 4 fully saturated rings. The number of fused-ring (bicyclic) bond motifs is 4. The summed E-state index contributed by atoms with van der Waals surface area (Å²) in [5.74, 6) is -1.07. The van der Waals surface area contributed by atoms with Crippen molar-refractivity contribution >= 4 is 115 Å². The standard InChI is InChI=1S/2C22H22ClN3O2.2C21H20ClN3O2/c1-2-25-10-12-26(13-11-25)20-19(24-16-7-5-6-15(23)14-16)21(27)17-8-3-4-9-18(17)22(20)28;1-2-25-11-13-26(14-12-25)20-19(24-16-9-7-15(23)8-10-16)21(27)17-5-3-4-6-18(17)22(20)28;1-24-9-11-25(12-10-24)19-18(23-15-6-4-5-14(22)13-15)20(26)16-7-2-3-8-17(16)21(19)27;1-24-10-12-25(13-11-24)19-18(23-15-8-6-14(22)7-9-15)20(26)16-4-2-3-5-17(16)21(19)27/h3-9,14,24H,2,10-13H2,1H3;3-10,24H,2,11-14H2,1H3;2-8,13,23H,9-12H2,1H3;2-9,23H,10-13H2,1H3. The van der Waals surface area contributed by atoms with Crippen LogP contribution in [0.4, 0.5) is 22.7 Å². The molecule has 4 heterocycles. The van der Waals surface area contributed by atoms with Gasteiger partial charge in [-0.15, -0.1) is 0 Å². The monoisotopic (exact) mass is 1550 g/mol. The molecule has 0 amide bonds. The molecule has 110 heavy (non-hydrogen) atoms. The van der Waals surface area contributed by atoms with Crippen molar-refractivity contribution in [2.45, 2.75) is 13.8 Å². The number of Topliss-reactive ketones (excluding diaryl/α,β-unsaturated/α-hetero) is 8. The Morgan fingerprint density at radius 1 is 0.255 bits per heavy atom. The zero-order valence-electron chi connectivity index (χ0n) is 61.6. The maximum Gasteiger partial charge on any atom is 0.212 e. The lowest BCUT2D eigenvalue weighted by Gasteiger charge is -2.38. The number of nitrogens with zero attached hydrogens (tertiary/aromatic N) is 8. The lowest BCUT2D eigenvalue weighted by molar-refractivity contribution is 0.0908.